The van der Waals surface area contributed by atoms with Crippen LogP contribution in [0.25, 0.3) is 0 Å². The van der Waals surface area contributed by atoms with Crippen molar-refractivity contribution in [1.82, 2.24) is 15.1 Å². The van der Waals surface area contributed by atoms with Gasteiger partial charge in [0.25, 0.3) is 5.91 Å². The third kappa shape index (κ3) is 8.74. The van der Waals surface area contributed by atoms with E-state index in [2.05, 4.69) is 52.6 Å². The van der Waals surface area contributed by atoms with Crippen molar-refractivity contribution in [2.45, 2.75) is 127 Å². The second-order valence-corrected chi connectivity index (χ2v) is 14.4. The lowest BCUT2D eigenvalue weighted by Crippen LogP contribution is -2.64. The molecule has 0 radical (unpaired) electrons. The summed E-state index contributed by atoms with van der Waals surface area (Å²) in [7, 11) is 0. The third-order valence-electron chi connectivity index (χ3n) is 10.6. The maximum absolute atomic E-state index is 13.0. The van der Waals surface area contributed by atoms with Gasteiger partial charge < -0.3 is 20.1 Å². The molecule has 0 aromatic heterocycles. The number of carbonyl (C=O) groups excluding carboxylic acids is 1. The lowest BCUT2D eigenvalue weighted by molar-refractivity contribution is -0.00508. The minimum atomic E-state index is -2.07. The summed E-state index contributed by atoms with van der Waals surface area (Å²) in [6.45, 7) is 10.4. The lowest BCUT2D eigenvalue weighted by Gasteiger charge is -2.50. The van der Waals surface area contributed by atoms with E-state index in [9.17, 15) is 13.6 Å². The average Bonchev–Trinajstić information content (AvgIpc) is 3.45. The number of carbonyl (C=O) groups is 1. The van der Waals surface area contributed by atoms with Crippen molar-refractivity contribution in [2.75, 3.05) is 30.3 Å². The molecule has 248 valence electrons. The number of nitrogens with zero attached hydrogens (tertiary/aromatic N) is 2. The summed E-state index contributed by atoms with van der Waals surface area (Å²) in [6, 6.07) is 14.0. The first-order valence-corrected chi connectivity index (χ1v) is 18.6. The first kappa shape index (κ1) is 34.0. The molecule has 2 aliphatic heterocycles. The van der Waals surface area contributed by atoms with Gasteiger partial charge >= 0.3 is 0 Å². The quantitative estimate of drug-likeness (QED) is 0.144. The van der Waals surface area contributed by atoms with Crippen LogP contribution < -0.4 is 16.0 Å². The molecular weight excluding hydrogens is 582 g/mol. The highest BCUT2D eigenvalue weighted by Crippen LogP contribution is 2.35. The first-order chi connectivity index (χ1) is 21.9. The Morgan fingerprint density at radius 2 is 1.69 bits per heavy atom. The molecule has 2 aromatic carbocycles. The van der Waals surface area contributed by atoms with Crippen LogP contribution in [0.4, 0.5) is 11.4 Å². The molecule has 0 spiro atoms. The van der Waals surface area contributed by atoms with Gasteiger partial charge in [0.05, 0.1) is 4.90 Å². The van der Waals surface area contributed by atoms with E-state index in [1.807, 2.05) is 12.1 Å². The second-order valence-electron chi connectivity index (χ2n) is 13.4. The van der Waals surface area contributed by atoms with Gasteiger partial charge in [-0.2, -0.15) is 0 Å². The second kappa shape index (κ2) is 16.5. The molecule has 5 unspecified atom stereocenters. The number of nitrogens with one attached hydrogen (secondary N) is 3. The highest BCUT2D eigenvalue weighted by atomic mass is 32.2. The van der Waals surface area contributed by atoms with Crippen molar-refractivity contribution < 1.29 is 13.6 Å². The van der Waals surface area contributed by atoms with Crippen LogP contribution in [0.1, 0.15) is 107 Å². The summed E-state index contributed by atoms with van der Waals surface area (Å²) in [5.74, 6) is 0.414. The Balaban J connectivity index is 1.36. The number of aryl methyl sites for hydroxylation is 1. The minimum absolute atomic E-state index is 0.0318. The van der Waals surface area contributed by atoms with Crippen LogP contribution >= 0.6 is 0 Å². The van der Waals surface area contributed by atoms with Crippen molar-refractivity contribution >= 4 is 28.4 Å². The Labute approximate surface area is 273 Å². The van der Waals surface area contributed by atoms with Crippen LogP contribution in [0.15, 0.2) is 47.4 Å². The zero-order valence-corrected chi connectivity index (χ0v) is 28.4. The Morgan fingerprint density at radius 3 is 2.33 bits per heavy atom. The number of benzene rings is 2. The minimum Gasteiger partial charge on any atom is -0.357 e. The van der Waals surface area contributed by atoms with Gasteiger partial charge in [0.1, 0.15) is 6.29 Å². The molecule has 2 saturated heterocycles. The summed E-state index contributed by atoms with van der Waals surface area (Å²) in [6.07, 6.45) is 15.4. The van der Waals surface area contributed by atoms with E-state index in [1.54, 1.807) is 12.1 Å². The molecule has 1 amide bonds. The molecule has 5 rings (SSSR count). The zero-order valence-electron chi connectivity index (χ0n) is 27.6. The van der Waals surface area contributed by atoms with Gasteiger partial charge in [-0.15, -0.1) is 0 Å². The molecular formula is C36H55N5O3S. The van der Waals surface area contributed by atoms with Gasteiger partial charge in [-0.05, 0) is 119 Å². The highest BCUT2D eigenvalue weighted by molar-refractivity contribution is 7.79. The molecule has 0 bridgehead atoms. The molecule has 2 aromatic rings. The van der Waals surface area contributed by atoms with Gasteiger partial charge in [0.15, 0.2) is 11.1 Å². The molecule has 5 atom stereocenters. The van der Waals surface area contributed by atoms with Gasteiger partial charge in [-0.25, -0.2) is 4.21 Å². The fourth-order valence-corrected chi connectivity index (χ4v) is 8.38. The zero-order chi connectivity index (χ0) is 31.8. The molecule has 1 saturated carbocycles. The van der Waals surface area contributed by atoms with Crippen molar-refractivity contribution in [3.05, 3.63) is 53.6 Å². The normalized spacial score (nSPS) is 24.1. The summed E-state index contributed by atoms with van der Waals surface area (Å²) >= 11 is -2.07. The fourth-order valence-electron chi connectivity index (χ4n) is 8.01. The summed E-state index contributed by atoms with van der Waals surface area (Å²) in [4.78, 5) is 18.9. The number of hydrogen-bond donors (Lipinski definition) is 4. The van der Waals surface area contributed by atoms with E-state index in [0.717, 1.165) is 23.5 Å². The van der Waals surface area contributed by atoms with Crippen LogP contribution in [0.2, 0.25) is 0 Å². The number of anilines is 2. The summed E-state index contributed by atoms with van der Waals surface area (Å²) in [5, 5.41) is 10.8. The van der Waals surface area contributed by atoms with E-state index in [4.69, 9.17) is 0 Å². The monoisotopic (exact) mass is 637 g/mol. The van der Waals surface area contributed by atoms with Gasteiger partial charge in [-0.3, -0.25) is 15.0 Å². The standard InChI is InChI=1S/C36H55N5O3S/c1-4-27(24-30(5-2)40-22-10-11-23-40)34-20-21-37-36(41(34)31-12-8-6-7-9-13-31)39-33-25-29(17-14-26(33)3)38-35(42)28-15-18-32(19-16-28)45(43)44/h14-19,25,27,30-31,34,36-37,39H,4-13,20-24H2,1-3H3,(H,38,42)(H,43,44). The van der Waals surface area contributed by atoms with Crippen LogP contribution in [0, 0.1) is 12.8 Å². The molecule has 3 aliphatic rings. The number of hydrogen-bond acceptors (Lipinski definition) is 6. The predicted molar refractivity (Wildman–Crippen MR) is 185 cm³/mol. The first-order valence-electron chi connectivity index (χ1n) is 17.5. The molecule has 45 heavy (non-hydrogen) atoms. The van der Waals surface area contributed by atoms with E-state index in [-0.39, 0.29) is 17.1 Å². The number of amides is 1. The van der Waals surface area contributed by atoms with E-state index < -0.39 is 11.1 Å². The molecule has 8 nitrogen and oxygen atoms in total. The van der Waals surface area contributed by atoms with Crippen LogP contribution in [0.3, 0.4) is 0 Å². The van der Waals surface area contributed by atoms with Crippen molar-refractivity contribution in [1.29, 1.82) is 0 Å². The topological polar surface area (TPSA) is 96.9 Å². The summed E-state index contributed by atoms with van der Waals surface area (Å²) < 4.78 is 20.6. The van der Waals surface area contributed by atoms with E-state index in [1.165, 1.54) is 102 Å². The highest BCUT2D eigenvalue weighted by Gasteiger charge is 2.40. The molecule has 2 heterocycles. The van der Waals surface area contributed by atoms with E-state index in [0.29, 0.717) is 29.6 Å². The summed E-state index contributed by atoms with van der Waals surface area (Å²) in [5.41, 5.74) is 3.33. The Bertz CT molecular complexity index is 1260. The van der Waals surface area contributed by atoms with Crippen LogP contribution in [-0.4, -0.2) is 68.5 Å². The van der Waals surface area contributed by atoms with Gasteiger partial charge in [0, 0.05) is 35.1 Å². The Hall–Kier alpha value is -2.30. The number of likely N-dealkylation sites (tertiary alicyclic amines) is 1. The molecule has 1 aliphatic carbocycles. The Kier molecular flexibility index (Phi) is 12.5. The van der Waals surface area contributed by atoms with Crippen molar-refractivity contribution in [3.8, 4) is 0 Å². The maximum atomic E-state index is 13.0. The molecule has 9 heteroatoms. The van der Waals surface area contributed by atoms with Crippen LogP contribution in [-0.2, 0) is 11.1 Å². The molecule has 3 fully saturated rings. The average molecular weight is 638 g/mol. The smallest absolute Gasteiger partial charge is 0.255 e. The largest absolute Gasteiger partial charge is 0.357 e. The fraction of sp³-hybridized carbons (Fsp3) is 0.639. The Morgan fingerprint density at radius 1 is 0.978 bits per heavy atom. The van der Waals surface area contributed by atoms with Gasteiger partial charge in [0.2, 0.25) is 0 Å². The number of rotatable bonds is 12. The third-order valence-corrected chi connectivity index (χ3v) is 11.3. The van der Waals surface area contributed by atoms with Gasteiger partial charge in [-0.1, -0.05) is 52.0 Å². The SMILES string of the molecule is CCC(CC(CC)N1CCCC1)C1CCNC(Nc2cc(NC(=O)c3ccc(S(=O)O)cc3)ccc2C)N1C1CCCCCC1. The maximum Gasteiger partial charge on any atom is 0.255 e. The van der Waals surface area contributed by atoms with Crippen LogP contribution in [0.5, 0.6) is 0 Å². The van der Waals surface area contributed by atoms with Crippen molar-refractivity contribution in [3.63, 3.8) is 0 Å². The van der Waals surface area contributed by atoms with Crippen molar-refractivity contribution in [2.24, 2.45) is 5.92 Å². The van der Waals surface area contributed by atoms with E-state index >= 15 is 0 Å². The lowest BCUT2D eigenvalue weighted by atomic mass is 9.83. The predicted octanol–water partition coefficient (Wildman–Crippen LogP) is 7.20. The molecule has 4 N–H and O–H groups in total.